The minimum Gasteiger partial charge on any atom is -0.481 e. The van der Waals surface area contributed by atoms with Gasteiger partial charge < -0.3 is 9.84 Å². The van der Waals surface area contributed by atoms with Crippen LogP contribution in [0, 0.1) is 5.92 Å². The summed E-state index contributed by atoms with van der Waals surface area (Å²) < 4.78 is 5.15. The first-order chi connectivity index (χ1) is 8.24. The molecular weight excluding hydrogens is 216 g/mol. The van der Waals surface area contributed by atoms with Gasteiger partial charge >= 0.3 is 5.97 Å². The fourth-order valence-corrected chi connectivity index (χ4v) is 2.02. The third kappa shape index (κ3) is 3.86. The molecule has 0 atom stereocenters. The summed E-state index contributed by atoms with van der Waals surface area (Å²) in [7, 11) is 0. The molecule has 17 heavy (non-hydrogen) atoms. The molecule has 0 saturated carbocycles. The maximum Gasteiger partial charge on any atom is 0.303 e. The highest BCUT2D eigenvalue weighted by atomic mass is 16.5. The van der Waals surface area contributed by atoms with Gasteiger partial charge in [-0.2, -0.15) is 0 Å². The summed E-state index contributed by atoms with van der Waals surface area (Å²) in [6.07, 6.45) is 2.90. The Balaban J connectivity index is 1.78. The molecule has 1 saturated heterocycles. The molecule has 0 spiro atoms. The van der Waals surface area contributed by atoms with Crippen molar-refractivity contribution in [2.45, 2.75) is 25.7 Å². The summed E-state index contributed by atoms with van der Waals surface area (Å²) in [6, 6.07) is 8.51. The maximum atomic E-state index is 10.4. The Morgan fingerprint density at radius 3 is 2.41 bits per heavy atom. The van der Waals surface area contributed by atoms with E-state index in [1.807, 2.05) is 0 Å². The normalized spacial score (nSPS) is 15.5. The van der Waals surface area contributed by atoms with Crippen LogP contribution in [0.15, 0.2) is 24.3 Å². The van der Waals surface area contributed by atoms with Crippen molar-refractivity contribution in [3.8, 4) is 0 Å². The van der Waals surface area contributed by atoms with Gasteiger partial charge in [0.1, 0.15) is 0 Å². The van der Waals surface area contributed by atoms with Crippen molar-refractivity contribution in [1.82, 2.24) is 0 Å². The molecule has 0 amide bonds. The largest absolute Gasteiger partial charge is 0.481 e. The molecule has 92 valence electrons. The van der Waals surface area contributed by atoms with Crippen molar-refractivity contribution >= 4 is 5.97 Å². The summed E-state index contributed by atoms with van der Waals surface area (Å²) in [4.78, 5) is 10.4. The Bertz CT molecular complexity index is 366. The second-order valence-electron chi connectivity index (χ2n) is 4.67. The third-order valence-corrected chi connectivity index (χ3v) is 3.11. The molecule has 0 radical (unpaired) electrons. The highest BCUT2D eigenvalue weighted by Gasteiger charge is 2.18. The highest BCUT2D eigenvalue weighted by Crippen LogP contribution is 2.17. The number of hydrogen-bond donors (Lipinski definition) is 1. The van der Waals surface area contributed by atoms with Gasteiger partial charge in [0.15, 0.2) is 0 Å². The molecule has 1 aliphatic rings. The van der Waals surface area contributed by atoms with Crippen LogP contribution < -0.4 is 0 Å². The zero-order valence-corrected chi connectivity index (χ0v) is 9.89. The lowest BCUT2D eigenvalue weighted by Crippen LogP contribution is -2.29. The lowest BCUT2D eigenvalue weighted by Gasteiger charge is -2.25. The molecule has 0 bridgehead atoms. The average Bonchev–Trinajstić information content (AvgIpc) is 2.25. The highest BCUT2D eigenvalue weighted by molar-refractivity contribution is 5.66. The van der Waals surface area contributed by atoms with Crippen LogP contribution in [0.5, 0.6) is 0 Å². The molecule has 1 aliphatic heterocycles. The Morgan fingerprint density at radius 1 is 1.24 bits per heavy atom. The van der Waals surface area contributed by atoms with Gasteiger partial charge in [-0.3, -0.25) is 4.79 Å². The van der Waals surface area contributed by atoms with Crippen LogP contribution in [0.2, 0.25) is 0 Å². The summed E-state index contributed by atoms with van der Waals surface area (Å²) in [6.45, 7) is 1.78. The Labute approximate surface area is 101 Å². The number of benzene rings is 1. The van der Waals surface area contributed by atoms with Crippen molar-refractivity contribution in [1.29, 1.82) is 0 Å². The number of aliphatic carboxylic acids is 1. The van der Waals surface area contributed by atoms with E-state index in [1.54, 1.807) is 0 Å². The first-order valence-corrected chi connectivity index (χ1v) is 6.11. The van der Waals surface area contributed by atoms with E-state index in [-0.39, 0.29) is 6.42 Å². The van der Waals surface area contributed by atoms with Gasteiger partial charge in [-0.05, 0) is 30.4 Å². The quantitative estimate of drug-likeness (QED) is 0.821. The molecule has 1 aromatic carbocycles. The fourth-order valence-electron chi connectivity index (χ4n) is 2.02. The molecule has 3 heteroatoms. The van der Waals surface area contributed by atoms with Crippen LogP contribution in [0.1, 0.15) is 24.0 Å². The van der Waals surface area contributed by atoms with Gasteiger partial charge in [0.2, 0.25) is 0 Å². The van der Waals surface area contributed by atoms with E-state index < -0.39 is 5.97 Å². The average molecular weight is 234 g/mol. The van der Waals surface area contributed by atoms with Crippen molar-refractivity contribution in [3.63, 3.8) is 0 Å². The van der Waals surface area contributed by atoms with Crippen molar-refractivity contribution in [2.75, 3.05) is 13.2 Å². The SMILES string of the molecule is O=C(O)CCCc1ccc(CC2COC2)cc1. The second-order valence-corrected chi connectivity index (χ2v) is 4.67. The van der Waals surface area contributed by atoms with E-state index in [4.69, 9.17) is 9.84 Å². The molecule has 1 N–H and O–H groups in total. The second kappa shape index (κ2) is 5.82. The molecule has 1 aromatic rings. The molecule has 1 heterocycles. The number of carbonyl (C=O) groups is 1. The first-order valence-electron chi connectivity index (χ1n) is 6.11. The summed E-state index contributed by atoms with van der Waals surface area (Å²) >= 11 is 0. The first kappa shape index (κ1) is 12.1. The minimum absolute atomic E-state index is 0.251. The molecular formula is C14H18O3. The van der Waals surface area contributed by atoms with Gasteiger partial charge in [0.05, 0.1) is 13.2 Å². The number of rotatable bonds is 6. The monoisotopic (exact) mass is 234 g/mol. The number of ether oxygens (including phenoxy) is 1. The molecule has 0 unspecified atom stereocenters. The summed E-state index contributed by atoms with van der Waals surface area (Å²) in [5, 5.41) is 8.56. The Kier molecular flexibility index (Phi) is 4.15. The molecule has 1 fully saturated rings. The third-order valence-electron chi connectivity index (χ3n) is 3.11. The fraction of sp³-hybridized carbons (Fsp3) is 0.500. The predicted octanol–water partition coefficient (Wildman–Crippen LogP) is 2.28. The molecule has 3 nitrogen and oxygen atoms in total. The number of carboxylic acids is 1. The number of aryl methyl sites for hydroxylation is 1. The van der Waals surface area contributed by atoms with E-state index in [1.165, 1.54) is 11.1 Å². The van der Waals surface area contributed by atoms with Gasteiger partial charge in [0.25, 0.3) is 0 Å². The maximum absolute atomic E-state index is 10.4. The minimum atomic E-state index is -0.716. The lowest BCUT2D eigenvalue weighted by molar-refractivity contribution is -0.137. The molecule has 0 aromatic heterocycles. The van der Waals surface area contributed by atoms with E-state index >= 15 is 0 Å². The molecule has 0 aliphatic carbocycles. The van der Waals surface area contributed by atoms with E-state index in [0.29, 0.717) is 12.3 Å². The van der Waals surface area contributed by atoms with Gasteiger partial charge in [-0.15, -0.1) is 0 Å². The van der Waals surface area contributed by atoms with Crippen molar-refractivity contribution in [3.05, 3.63) is 35.4 Å². The van der Waals surface area contributed by atoms with Crippen LogP contribution in [-0.2, 0) is 22.4 Å². The van der Waals surface area contributed by atoms with Gasteiger partial charge in [-0.1, -0.05) is 24.3 Å². The van der Waals surface area contributed by atoms with Crippen LogP contribution in [-0.4, -0.2) is 24.3 Å². The molecule has 2 rings (SSSR count). The van der Waals surface area contributed by atoms with E-state index in [2.05, 4.69) is 24.3 Å². The van der Waals surface area contributed by atoms with Gasteiger partial charge in [0, 0.05) is 12.3 Å². The zero-order valence-electron chi connectivity index (χ0n) is 9.89. The predicted molar refractivity (Wildman–Crippen MR) is 65.0 cm³/mol. The zero-order chi connectivity index (χ0) is 12.1. The van der Waals surface area contributed by atoms with Crippen LogP contribution in [0.3, 0.4) is 0 Å². The van der Waals surface area contributed by atoms with Crippen molar-refractivity contribution in [2.24, 2.45) is 5.92 Å². The van der Waals surface area contributed by atoms with Gasteiger partial charge in [-0.25, -0.2) is 0 Å². The van der Waals surface area contributed by atoms with Crippen LogP contribution in [0.4, 0.5) is 0 Å². The summed E-state index contributed by atoms with van der Waals surface area (Å²) in [5.41, 5.74) is 2.57. The number of hydrogen-bond acceptors (Lipinski definition) is 2. The lowest BCUT2D eigenvalue weighted by atomic mass is 9.96. The van der Waals surface area contributed by atoms with Crippen molar-refractivity contribution < 1.29 is 14.6 Å². The van der Waals surface area contributed by atoms with Crippen LogP contribution >= 0.6 is 0 Å². The van der Waals surface area contributed by atoms with E-state index in [9.17, 15) is 4.79 Å². The van der Waals surface area contributed by atoms with Crippen LogP contribution in [0.25, 0.3) is 0 Å². The topological polar surface area (TPSA) is 46.5 Å². The smallest absolute Gasteiger partial charge is 0.303 e. The Morgan fingerprint density at radius 2 is 1.88 bits per heavy atom. The number of carboxylic acid groups (broad SMARTS) is 1. The Hall–Kier alpha value is -1.35. The van der Waals surface area contributed by atoms with E-state index in [0.717, 1.165) is 26.1 Å². The summed E-state index contributed by atoms with van der Waals surface area (Å²) in [5.74, 6) is -0.0283. The standard InChI is InChI=1S/C14H18O3/c15-14(16)3-1-2-11-4-6-12(7-5-11)8-13-9-17-10-13/h4-7,13H,1-3,8-10H2,(H,15,16).